The summed E-state index contributed by atoms with van der Waals surface area (Å²) in [5.74, 6) is -2.56. The molecule has 4 rings (SSSR count). The van der Waals surface area contributed by atoms with E-state index >= 15 is 0 Å². The first-order valence-corrected chi connectivity index (χ1v) is 11.9. The number of fused-ring (bicyclic) bond motifs is 1. The predicted octanol–water partition coefficient (Wildman–Crippen LogP) is 5.20. The molecule has 0 saturated carbocycles. The van der Waals surface area contributed by atoms with Crippen molar-refractivity contribution in [2.45, 2.75) is 32.2 Å². The van der Waals surface area contributed by atoms with E-state index in [1.807, 2.05) is 6.07 Å². The van der Waals surface area contributed by atoms with Crippen LogP contribution in [-0.4, -0.2) is 31.1 Å². The fourth-order valence-corrected chi connectivity index (χ4v) is 4.14. The Morgan fingerprint density at radius 3 is 2.28 bits per heavy atom. The van der Waals surface area contributed by atoms with Crippen LogP contribution in [0.15, 0.2) is 72.8 Å². The summed E-state index contributed by atoms with van der Waals surface area (Å²) in [5, 5.41) is 2.54. The van der Waals surface area contributed by atoms with Crippen molar-refractivity contribution in [3.05, 3.63) is 89.5 Å². The van der Waals surface area contributed by atoms with Gasteiger partial charge in [0.15, 0.2) is 0 Å². The van der Waals surface area contributed by atoms with Crippen LogP contribution >= 0.6 is 0 Å². The second-order valence-electron chi connectivity index (χ2n) is 8.85. The molecule has 204 valence electrons. The number of nitrogens with zero attached hydrogens (tertiary/aromatic N) is 1. The van der Waals surface area contributed by atoms with Crippen molar-refractivity contribution in [2.75, 3.05) is 18.0 Å². The molecule has 1 aliphatic heterocycles. The molecule has 3 aromatic rings. The van der Waals surface area contributed by atoms with Gasteiger partial charge in [-0.05, 0) is 18.6 Å². The van der Waals surface area contributed by atoms with Crippen LogP contribution in [0.4, 0.5) is 23.7 Å². The number of carbonyl (C=O) groups is 3. The molecule has 1 atom stereocenters. The van der Waals surface area contributed by atoms with Gasteiger partial charge < -0.3 is 24.4 Å². The van der Waals surface area contributed by atoms with Gasteiger partial charge in [-0.2, -0.15) is 13.2 Å². The van der Waals surface area contributed by atoms with Crippen LogP contribution in [0.1, 0.15) is 30.5 Å². The normalized spacial score (nSPS) is 16.6. The molecule has 11 heteroatoms. The van der Waals surface area contributed by atoms with E-state index in [0.717, 1.165) is 18.6 Å². The van der Waals surface area contributed by atoms with Crippen LogP contribution in [0.2, 0.25) is 0 Å². The molecular formula is C28H25F3N2O6. The second-order valence-corrected chi connectivity index (χ2v) is 8.85. The minimum Gasteiger partial charge on any atom is -0.471 e. The van der Waals surface area contributed by atoms with Crippen molar-refractivity contribution >= 4 is 23.7 Å². The maximum Gasteiger partial charge on any atom is 0.420 e. The Labute approximate surface area is 222 Å². The van der Waals surface area contributed by atoms with Crippen molar-refractivity contribution in [3.63, 3.8) is 0 Å². The Morgan fingerprint density at radius 1 is 1.03 bits per heavy atom. The molecule has 1 N–H and O–H groups in total. The molecule has 0 aliphatic carbocycles. The van der Waals surface area contributed by atoms with Gasteiger partial charge in [-0.1, -0.05) is 60.7 Å². The number of alkyl halides is 3. The van der Waals surface area contributed by atoms with Crippen molar-refractivity contribution in [2.24, 2.45) is 0 Å². The number of halogens is 3. The Hall–Kier alpha value is -4.54. The Kier molecular flexibility index (Phi) is 7.80. The summed E-state index contributed by atoms with van der Waals surface area (Å²) in [7, 11) is 0. The van der Waals surface area contributed by atoms with Gasteiger partial charge in [0.05, 0.1) is 5.69 Å². The Bertz CT molecular complexity index is 1360. The van der Waals surface area contributed by atoms with Gasteiger partial charge in [0.2, 0.25) is 5.60 Å². The van der Waals surface area contributed by atoms with Crippen LogP contribution < -0.4 is 19.7 Å². The van der Waals surface area contributed by atoms with Crippen molar-refractivity contribution in [1.82, 2.24) is 5.32 Å². The molecule has 1 heterocycles. The number of hydrogen-bond acceptors (Lipinski definition) is 6. The zero-order valence-electron chi connectivity index (χ0n) is 21.1. The molecule has 1 unspecified atom stereocenters. The van der Waals surface area contributed by atoms with E-state index in [0.29, 0.717) is 11.6 Å². The smallest absolute Gasteiger partial charge is 0.420 e. The van der Waals surface area contributed by atoms with E-state index in [9.17, 15) is 27.6 Å². The maximum absolute atomic E-state index is 13.9. The van der Waals surface area contributed by atoms with Crippen LogP contribution in [0.25, 0.3) is 0 Å². The van der Waals surface area contributed by atoms with E-state index in [-0.39, 0.29) is 31.1 Å². The first-order chi connectivity index (χ1) is 18.5. The van der Waals surface area contributed by atoms with Crippen molar-refractivity contribution < 1.29 is 41.8 Å². The fraction of sp³-hybridized carbons (Fsp3) is 0.250. The van der Waals surface area contributed by atoms with E-state index in [2.05, 4.69) is 5.32 Å². The van der Waals surface area contributed by atoms with Crippen LogP contribution in [0, 0.1) is 0 Å². The summed E-state index contributed by atoms with van der Waals surface area (Å²) in [4.78, 5) is 38.7. The lowest BCUT2D eigenvalue weighted by molar-refractivity contribution is -0.141. The zero-order valence-corrected chi connectivity index (χ0v) is 21.1. The first kappa shape index (κ1) is 27.5. The minimum atomic E-state index is -4.87. The monoisotopic (exact) mass is 542 g/mol. The SMILES string of the molecule is CC(=O)Oc1cc2c(cc1C(F)(F)F)OC(C)(c1ccccc1)C(=O)N2CCNC(=O)OCc1ccccc1. The lowest BCUT2D eigenvalue weighted by atomic mass is 9.91. The fourth-order valence-electron chi connectivity index (χ4n) is 4.14. The van der Waals surface area contributed by atoms with Gasteiger partial charge in [0.1, 0.15) is 23.7 Å². The number of ether oxygens (including phenoxy) is 3. The van der Waals surface area contributed by atoms with Gasteiger partial charge in [-0.15, -0.1) is 0 Å². The summed E-state index contributed by atoms with van der Waals surface area (Å²) in [5.41, 5.74) is -1.75. The van der Waals surface area contributed by atoms with Gasteiger partial charge in [0.25, 0.3) is 5.91 Å². The number of esters is 1. The average molecular weight is 543 g/mol. The van der Waals surface area contributed by atoms with Crippen LogP contribution in [0.5, 0.6) is 11.5 Å². The molecule has 3 aromatic carbocycles. The lowest BCUT2D eigenvalue weighted by Crippen LogP contribution is -2.54. The van der Waals surface area contributed by atoms with Gasteiger partial charge in [0, 0.05) is 31.6 Å². The highest BCUT2D eigenvalue weighted by molar-refractivity contribution is 6.03. The Balaban J connectivity index is 1.63. The van der Waals surface area contributed by atoms with Crippen LogP contribution in [-0.2, 0) is 32.7 Å². The quantitative estimate of drug-likeness (QED) is 0.326. The van der Waals surface area contributed by atoms with Crippen molar-refractivity contribution in [3.8, 4) is 11.5 Å². The van der Waals surface area contributed by atoms with E-state index in [4.69, 9.17) is 14.2 Å². The molecule has 0 bridgehead atoms. The maximum atomic E-state index is 13.9. The molecule has 0 saturated heterocycles. The highest BCUT2D eigenvalue weighted by Crippen LogP contribution is 2.48. The first-order valence-electron chi connectivity index (χ1n) is 11.9. The molecule has 0 aromatic heterocycles. The van der Waals surface area contributed by atoms with Crippen molar-refractivity contribution in [1.29, 1.82) is 0 Å². The standard InChI is InChI=1S/C28H25F3N2O6/c1-18(34)38-23-16-22-24(15-21(23)28(29,30)31)39-27(2,20-11-7-4-8-12-20)25(35)33(22)14-13-32-26(36)37-17-19-9-5-3-6-10-19/h3-12,15-16H,13-14,17H2,1-2H3,(H,32,36). The van der Waals surface area contributed by atoms with Crippen LogP contribution in [0.3, 0.4) is 0 Å². The molecule has 1 aliphatic rings. The predicted molar refractivity (Wildman–Crippen MR) is 134 cm³/mol. The van der Waals surface area contributed by atoms with Gasteiger partial charge >= 0.3 is 18.2 Å². The number of carbonyl (C=O) groups excluding carboxylic acids is 3. The number of alkyl carbamates (subject to hydrolysis) is 1. The topological polar surface area (TPSA) is 94.2 Å². The largest absolute Gasteiger partial charge is 0.471 e. The number of nitrogens with one attached hydrogen (secondary N) is 1. The third-order valence-corrected chi connectivity index (χ3v) is 6.02. The number of hydrogen-bond donors (Lipinski definition) is 1. The molecule has 0 spiro atoms. The van der Waals surface area contributed by atoms with Gasteiger partial charge in [-0.3, -0.25) is 9.59 Å². The molecule has 0 fully saturated rings. The summed E-state index contributed by atoms with van der Waals surface area (Å²) in [6, 6.07) is 19.0. The summed E-state index contributed by atoms with van der Waals surface area (Å²) in [6.07, 6.45) is -5.61. The highest BCUT2D eigenvalue weighted by atomic mass is 19.4. The highest BCUT2D eigenvalue weighted by Gasteiger charge is 2.48. The molecule has 0 radical (unpaired) electrons. The lowest BCUT2D eigenvalue weighted by Gasteiger charge is -2.41. The summed E-state index contributed by atoms with van der Waals surface area (Å²) < 4.78 is 57.5. The molecular weight excluding hydrogens is 517 g/mol. The third kappa shape index (κ3) is 6.14. The average Bonchev–Trinajstić information content (AvgIpc) is 2.90. The summed E-state index contributed by atoms with van der Waals surface area (Å²) in [6.45, 7) is 2.23. The molecule has 2 amide bonds. The number of amides is 2. The summed E-state index contributed by atoms with van der Waals surface area (Å²) >= 11 is 0. The number of anilines is 1. The van der Waals surface area contributed by atoms with E-state index in [1.54, 1.807) is 54.6 Å². The minimum absolute atomic E-state index is 0.0318. The van der Waals surface area contributed by atoms with E-state index in [1.165, 1.54) is 11.8 Å². The second kappa shape index (κ2) is 11.1. The van der Waals surface area contributed by atoms with E-state index < -0.39 is 41.1 Å². The number of benzene rings is 3. The molecule has 8 nitrogen and oxygen atoms in total. The number of rotatable bonds is 7. The third-order valence-electron chi connectivity index (χ3n) is 6.02. The Morgan fingerprint density at radius 2 is 1.67 bits per heavy atom. The molecule has 39 heavy (non-hydrogen) atoms. The van der Waals surface area contributed by atoms with Gasteiger partial charge in [-0.25, -0.2) is 4.79 Å². The zero-order chi connectivity index (χ0) is 28.2.